The van der Waals surface area contributed by atoms with Gasteiger partial charge in [-0.25, -0.2) is 9.18 Å². The minimum atomic E-state index is -1.01. The Balaban J connectivity index is 1.31. The van der Waals surface area contributed by atoms with Gasteiger partial charge in [-0.15, -0.1) is 11.8 Å². The molecule has 1 aliphatic rings. The van der Waals surface area contributed by atoms with Crippen molar-refractivity contribution >= 4 is 56.7 Å². The molecule has 7 aromatic rings. The molecule has 12 heteroatoms. The maximum Gasteiger partial charge on any atom is 0.352 e. The molecule has 3 aromatic heterocycles. The molecule has 0 unspecified atom stereocenters. The Morgan fingerprint density at radius 3 is 2.55 bits per heavy atom. The minimum absolute atomic E-state index is 0.213. The van der Waals surface area contributed by atoms with E-state index >= 15 is 0 Å². The zero-order valence-electron chi connectivity index (χ0n) is 29.9. The number of hydrogen-bond donors (Lipinski definition) is 1. The average Bonchev–Trinajstić information content (AvgIpc) is 3.73. The summed E-state index contributed by atoms with van der Waals surface area (Å²) in [5, 5.41) is 23.4. The van der Waals surface area contributed by atoms with Gasteiger partial charge in [0.25, 0.3) is 0 Å². The van der Waals surface area contributed by atoms with Crippen LogP contribution in [-0.4, -0.2) is 41.8 Å². The van der Waals surface area contributed by atoms with Gasteiger partial charge in [0, 0.05) is 80.8 Å². The number of fused-ring (bicyclic) bond motifs is 8. The molecule has 4 aromatic carbocycles. The van der Waals surface area contributed by atoms with Gasteiger partial charge < -0.3 is 19.3 Å². The Kier molecular flexibility index (Phi) is 9.16. The third-order valence-corrected chi connectivity index (χ3v) is 11.5. The fraction of sp³-hybridized carbons (Fsp3) is 0.244. The van der Waals surface area contributed by atoms with Crippen molar-refractivity contribution in [3.05, 3.63) is 124 Å². The number of para-hydroxylation sites is 1. The lowest BCUT2D eigenvalue weighted by molar-refractivity contribution is 0.0684. The molecule has 0 saturated carbocycles. The van der Waals surface area contributed by atoms with E-state index in [2.05, 4.69) is 23.1 Å². The van der Waals surface area contributed by atoms with Crippen molar-refractivity contribution in [1.82, 2.24) is 24.1 Å². The van der Waals surface area contributed by atoms with E-state index in [1.54, 1.807) is 17.8 Å². The predicted molar refractivity (Wildman–Crippen MR) is 209 cm³/mol. The molecule has 53 heavy (non-hydrogen) atoms. The molecule has 1 aliphatic heterocycles. The Morgan fingerprint density at radius 1 is 0.943 bits per heavy atom. The smallest absolute Gasteiger partial charge is 0.352 e. The number of carboxylic acid groups (broad SMARTS) is 1. The van der Waals surface area contributed by atoms with Gasteiger partial charge in [-0.2, -0.15) is 10.2 Å². The Hall–Kier alpha value is -5.26. The van der Waals surface area contributed by atoms with Gasteiger partial charge in [0.1, 0.15) is 17.3 Å². The fourth-order valence-electron chi connectivity index (χ4n) is 7.56. The van der Waals surface area contributed by atoms with Crippen LogP contribution in [0.15, 0.2) is 83.8 Å². The third kappa shape index (κ3) is 6.42. The van der Waals surface area contributed by atoms with E-state index in [1.807, 2.05) is 84.3 Å². The quantitative estimate of drug-likeness (QED) is 0.189. The van der Waals surface area contributed by atoms with Gasteiger partial charge in [-0.05, 0) is 91.9 Å². The molecular formula is C41H38ClFN6O3S. The van der Waals surface area contributed by atoms with E-state index in [1.165, 1.54) is 12.1 Å². The molecule has 0 fully saturated rings. The molecule has 0 spiro atoms. The van der Waals surface area contributed by atoms with Gasteiger partial charge in [0.05, 0.1) is 31.1 Å². The highest BCUT2D eigenvalue weighted by atomic mass is 35.5. The standard InChI is InChI=1S/C41H38ClFN6O3S/c1-24-37-35-14-13-33(42)39(37)38-25(2)46(3)45-34(38)22-48(29-9-6-5-7-10-29)21-28-19-30(47(4)44-28)23-53-31-18-26-17-27(43)11-12-32(26)36(20-31)52-16-8-15-49(35)40(24)41(50)51/h5-7,9-14,17-20H,8,15-16,21-23H2,1-4H3,(H,50,51). The van der Waals surface area contributed by atoms with Crippen LogP contribution in [0.25, 0.3) is 32.8 Å². The molecule has 4 heterocycles. The first-order valence-electron chi connectivity index (χ1n) is 17.5. The van der Waals surface area contributed by atoms with E-state index in [0.29, 0.717) is 54.8 Å². The second kappa shape index (κ2) is 13.9. The SMILES string of the molecule is Cc1c(C(=O)O)n2c3ccc(Cl)c(c13)-c1c(nn(C)c1C)CN(c1ccccc1)Cc1cc(n(C)n1)CSc1cc(c3ccc(F)cc3c1)OCCC2. The topological polar surface area (TPSA) is 90.3 Å². The number of rotatable bonds is 2. The van der Waals surface area contributed by atoms with Crippen LogP contribution in [0.3, 0.4) is 0 Å². The van der Waals surface area contributed by atoms with Crippen molar-refractivity contribution in [1.29, 1.82) is 0 Å². The minimum Gasteiger partial charge on any atom is -0.493 e. The van der Waals surface area contributed by atoms with Crippen LogP contribution in [-0.2, 0) is 39.5 Å². The Labute approximate surface area is 315 Å². The van der Waals surface area contributed by atoms with Gasteiger partial charge in [0.15, 0.2) is 0 Å². The zero-order chi connectivity index (χ0) is 37.0. The van der Waals surface area contributed by atoms with Gasteiger partial charge >= 0.3 is 5.97 Å². The normalized spacial score (nSPS) is 14.0. The zero-order valence-corrected chi connectivity index (χ0v) is 31.4. The second-order valence-corrected chi connectivity index (χ2v) is 15.0. The summed E-state index contributed by atoms with van der Waals surface area (Å²) in [7, 11) is 3.88. The van der Waals surface area contributed by atoms with Crippen LogP contribution in [0.1, 0.15) is 45.2 Å². The van der Waals surface area contributed by atoms with E-state index in [0.717, 1.165) is 66.2 Å². The van der Waals surface area contributed by atoms with Crippen LogP contribution in [0.2, 0.25) is 5.02 Å². The van der Waals surface area contributed by atoms with E-state index in [4.69, 9.17) is 26.5 Å². The van der Waals surface area contributed by atoms with Crippen LogP contribution in [0.5, 0.6) is 5.75 Å². The maximum absolute atomic E-state index is 14.4. The van der Waals surface area contributed by atoms with Gasteiger partial charge in [0.2, 0.25) is 0 Å². The molecule has 1 N–H and O–H groups in total. The number of aromatic nitrogens is 5. The number of anilines is 1. The van der Waals surface area contributed by atoms with Crippen LogP contribution < -0.4 is 9.64 Å². The summed E-state index contributed by atoms with van der Waals surface area (Å²) in [6.07, 6.45) is 0.530. The largest absolute Gasteiger partial charge is 0.493 e. The van der Waals surface area contributed by atoms with Crippen molar-refractivity contribution in [3.63, 3.8) is 0 Å². The first-order chi connectivity index (χ1) is 25.6. The lowest BCUT2D eigenvalue weighted by Crippen LogP contribution is -2.23. The van der Waals surface area contributed by atoms with E-state index < -0.39 is 5.97 Å². The summed E-state index contributed by atoms with van der Waals surface area (Å²) >= 11 is 8.75. The van der Waals surface area contributed by atoms with E-state index in [9.17, 15) is 14.3 Å². The van der Waals surface area contributed by atoms with Crippen molar-refractivity contribution in [3.8, 4) is 16.9 Å². The maximum atomic E-state index is 14.4. The summed E-state index contributed by atoms with van der Waals surface area (Å²) < 4.78 is 26.5. The number of nitrogens with zero attached hydrogens (tertiary/aromatic N) is 6. The second-order valence-electron chi connectivity index (χ2n) is 13.5. The number of thioether (sulfide) groups is 1. The molecule has 0 radical (unpaired) electrons. The van der Waals surface area contributed by atoms with Gasteiger partial charge in [-0.3, -0.25) is 9.36 Å². The van der Waals surface area contributed by atoms with E-state index in [-0.39, 0.29) is 11.5 Å². The molecule has 9 nitrogen and oxygen atoms in total. The molecule has 8 rings (SSSR count). The first-order valence-corrected chi connectivity index (χ1v) is 18.8. The predicted octanol–water partition coefficient (Wildman–Crippen LogP) is 9.32. The number of hydrogen-bond acceptors (Lipinski definition) is 6. The summed E-state index contributed by atoms with van der Waals surface area (Å²) in [5.41, 5.74) is 7.98. The molecule has 270 valence electrons. The Bertz CT molecular complexity index is 2540. The lowest BCUT2D eigenvalue weighted by atomic mass is 9.96. The van der Waals surface area contributed by atoms with Crippen LogP contribution >= 0.6 is 23.4 Å². The van der Waals surface area contributed by atoms with Crippen molar-refractivity contribution in [2.75, 3.05) is 11.5 Å². The summed E-state index contributed by atoms with van der Waals surface area (Å²) in [6, 6.07) is 24.8. The third-order valence-electron chi connectivity index (χ3n) is 10.1. The highest BCUT2D eigenvalue weighted by Crippen LogP contribution is 2.43. The highest BCUT2D eigenvalue weighted by molar-refractivity contribution is 7.98. The van der Waals surface area contributed by atoms with Gasteiger partial charge in [-0.1, -0.05) is 29.8 Å². The number of halogens is 2. The number of carbonyl (C=O) groups is 1. The molecule has 0 saturated heterocycles. The summed E-state index contributed by atoms with van der Waals surface area (Å²) in [5.74, 6) is -0.0260. The van der Waals surface area contributed by atoms with Crippen LogP contribution in [0.4, 0.5) is 10.1 Å². The monoisotopic (exact) mass is 748 g/mol. The Morgan fingerprint density at radius 2 is 1.75 bits per heavy atom. The van der Waals surface area contributed by atoms with Crippen molar-refractivity contribution in [2.24, 2.45) is 14.1 Å². The number of aromatic carboxylic acids is 1. The number of aryl methyl sites for hydroxylation is 4. The van der Waals surface area contributed by atoms with Crippen molar-refractivity contribution in [2.45, 2.75) is 50.6 Å². The molecule has 0 atom stereocenters. The fourth-order valence-corrected chi connectivity index (χ4v) is 8.80. The summed E-state index contributed by atoms with van der Waals surface area (Å²) in [6.45, 7) is 5.57. The highest BCUT2D eigenvalue weighted by Gasteiger charge is 2.28. The number of carboxylic acids is 1. The summed E-state index contributed by atoms with van der Waals surface area (Å²) in [4.78, 5) is 16.1. The molecule has 8 bridgehead atoms. The molecular weight excluding hydrogens is 711 g/mol. The average molecular weight is 749 g/mol. The lowest BCUT2D eigenvalue weighted by Gasteiger charge is -2.24. The van der Waals surface area contributed by atoms with Crippen molar-refractivity contribution < 1.29 is 19.0 Å². The number of benzene rings is 4. The molecule has 0 aliphatic carbocycles. The number of ether oxygens (including phenoxy) is 1. The van der Waals surface area contributed by atoms with Crippen LogP contribution in [0, 0.1) is 19.7 Å². The molecule has 0 amide bonds. The first kappa shape index (κ1) is 34.8.